The van der Waals surface area contributed by atoms with E-state index in [1.54, 1.807) is 6.07 Å². The predicted octanol–water partition coefficient (Wildman–Crippen LogP) is 9.71. The van der Waals surface area contributed by atoms with Gasteiger partial charge in [-0.15, -0.1) is 0 Å². The Morgan fingerprint density at radius 1 is 0.489 bits per heavy atom. The van der Waals surface area contributed by atoms with E-state index in [4.69, 9.17) is 4.98 Å². The van der Waals surface area contributed by atoms with Gasteiger partial charge in [-0.2, -0.15) is 0 Å². The number of fused-ring (bicyclic) bond motifs is 7. The molecule has 212 valence electrons. The van der Waals surface area contributed by atoms with Gasteiger partial charge in [0.05, 0.1) is 33.5 Å². The molecule has 5 heteroatoms. The van der Waals surface area contributed by atoms with Crippen LogP contribution < -0.4 is 0 Å². The Labute approximate surface area is 258 Å². The van der Waals surface area contributed by atoms with Crippen molar-refractivity contribution >= 4 is 43.6 Å². The van der Waals surface area contributed by atoms with E-state index in [9.17, 15) is 5.11 Å². The summed E-state index contributed by atoms with van der Waals surface area (Å²) in [6, 6.07) is 49.5. The second-order valence-corrected chi connectivity index (χ2v) is 11.2. The highest BCUT2D eigenvalue weighted by atomic mass is 16.3. The van der Waals surface area contributed by atoms with Crippen LogP contribution in [0.5, 0.6) is 5.75 Å². The fourth-order valence-electron chi connectivity index (χ4n) is 6.77. The molecule has 0 saturated heterocycles. The number of aromatic nitrogens is 4. The maximum absolute atomic E-state index is 11.4. The van der Waals surface area contributed by atoms with Crippen LogP contribution in [-0.4, -0.2) is 24.2 Å². The number of rotatable bonds is 4. The Kier molecular flexibility index (Phi) is 5.59. The van der Waals surface area contributed by atoms with Crippen LogP contribution in [0.25, 0.3) is 77.6 Å². The van der Waals surface area contributed by atoms with E-state index in [1.807, 2.05) is 60.8 Å². The summed E-state index contributed by atoms with van der Waals surface area (Å²) in [4.78, 5) is 9.72. The molecule has 4 heterocycles. The van der Waals surface area contributed by atoms with Gasteiger partial charge in [-0.05, 0) is 66.7 Å². The molecule has 9 rings (SSSR count). The van der Waals surface area contributed by atoms with Crippen molar-refractivity contribution in [2.75, 3.05) is 0 Å². The smallest absolute Gasteiger partial charge is 0.140 e. The van der Waals surface area contributed by atoms with Crippen LogP contribution in [0.4, 0.5) is 0 Å². The summed E-state index contributed by atoms with van der Waals surface area (Å²) in [6.45, 7) is 0. The number of phenols is 1. The molecule has 0 saturated carbocycles. The monoisotopic (exact) mass is 578 g/mol. The molecule has 9 aromatic rings. The van der Waals surface area contributed by atoms with E-state index in [0.717, 1.165) is 77.6 Å². The van der Waals surface area contributed by atoms with Gasteiger partial charge in [0.2, 0.25) is 0 Å². The summed E-state index contributed by atoms with van der Waals surface area (Å²) in [5.74, 6) is 0.955. The summed E-state index contributed by atoms with van der Waals surface area (Å²) < 4.78 is 4.42. The summed E-state index contributed by atoms with van der Waals surface area (Å²) in [6.07, 6.45) is 1.81. The summed E-state index contributed by atoms with van der Waals surface area (Å²) in [5.41, 5.74) is 8.89. The van der Waals surface area contributed by atoms with Crippen LogP contribution in [-0.2, 0) is 0 Å². The highest BCUT2D eigenvalue weighted by Crippen LogP contribution is 2.44. The molecule has 5 nitrogen and oxygen atoms in total. The van der Waals surface area contributed by atoms with Crippen LogP contribution in [0.3, 0.4) is 0 Å². The Hall–Kier alpha value is -6.20. The van der Waals surface area contributed by atoms with Crippen molar-refractivity contribution in [3.05, 3.63) is 152 Å². The molecule has 0 amide bonds. The third-order valence-electron chi connectivity index (χ3n) is 8.66. The van der Waals surface area contributed by atoms with E-state index in [1.165, 1.54) is 0 Å². The molecule has 0 bridgehead atoms. The molecule has 45 heavy (non-hydrogen) atoms. The first-order valence-electron chi connectivity index (χ1n) is 15.0. The molecule has 0 atom stereocenters. The SMILES string of the molecule is Oc1cccc2c3c4c5ccccc5n(-c5ccccc5)c4ccc3n(-c3cccc(-c4cccc(-c5ccccn5)c4)n3)c12. The lowest BCUT2D eigenvalue weighted by atomic mass is 10.0. The second-order valence-electron chi connectivity index (χ2n) is 11.2. The molecule has 4 aromatic heterocycles. The first-order chi connectivity index (χ1) is 22.3. The third-order valence-corrected chi connectivity index (χ3v) is 8.66. The fourth-order valence-corrected chi connectivity index (χ4v) is 6.77. The molecule has 0 aliphatic rings. The zero-order valence-electron chi connectivity index (χ0n) is 24.2. The van der Waals surface area contributed by atoms with Crippen molar-refractivity contribution in [3.8, 4) is 39.8 Å². The standard InChI is InChI=1S/C40H26N4O/c45-36-20-9-16-30-39-35(23-22-34-38(39)29-15-4-5-19-33(29)43(34)28-13-2-1-3-14-28)44(40(30)36)37-21-10-18-32(42-37)27-12-8-11-26(25-27)31-17-6-7-24-41-31/h1-25,45H. The van der Waals surface area contributed by atoms with Gasteiger partial charge in [0.25, 0.3) is 0 Å². The minimum absolute atomic E-state index is 0.216. The van der Waals surface area contributed by atoms with Crippen LogP contribution in [0.15, 0.2) is 152 Å². The van der Waals surface area contributed by atoms with E-state index < -0.39 is 0 Å². The van der Waals surface area contributed by atoms with Gasteiger partial charge in [0.1, 0.15) is 11.6 Å². The molecule has 0 aliphatic heterocycles. The van der Waals surface area contributed by atoms with E-state index >= 15 is 0 Å². The molecule has 0 aliphatic carbocycles. The van der Waals surface area contributed by atoms with Crippen molar-refractivity contribution in [2.24, 2.45) is 0 Å². The zero-order valence-corrected chi connectivity index (χ0v) is 24.2. The van der Waals surface area contributed by atoms with Crippen molar-refractivity contribution < 1.29 is 5.11 Å². The lowest BCUT2D eigenvalue weighted by molar-refractivity contribution is 0.479. The molecule has 1 N–H and O–H groups in total. The second kappa shape index (κ2) is 9.93. The topological polar surface area (TPSA) is 55.9 Å². The number of aromatic hydroxyl groups is 1. The van der Waals surface area contributed by atoms with Crippen LogP contribution >= 0.6 is 0 Å². The van der Waals surface area contributed by atoms with Gasteiger partial charge >= 0.3 is 0 Å². The first-order valence-corrected chi connectivity index (χ1v) is 15.0. The summed E-state index contributed by atoms with van der Waals surface area (Å²) in [5, 5.41) is 15.8. The van der Waals surface area contributed by atoms with Crippen molar-refractivity contribution in [3.63, 3.8) is 0 Å². The summed E-state index contributed by atoms with van der Waals surface area (Å²) >= 11 is 0. The lowest BCUT2D eigenvalue weighted by Gasteiger charge is -2.11. The average Bonchev–Trinajstić information content (AvgIpc) is 3.63. The molecule has 0 spiro atoms. The number of para-hydroxylation sites is 3. The predicted molar refractivity (Wildman–Crippen MR) is 183 cm³/mol. The Morgan fingerprint density at radius 3 is 2.00 bits per heavy atom. The molecule has 0 radical (unpaired) electrons. The zero-order chi connectivity index (χ0) is 29.9. The van der Waals surface area contributed by atoms with Crippen molar-refractivity contribution in [1.82, 2.24) is 19.1 Å². The van der Waals surface area contributed by atoms with Crippen LogP contribution in [0.2, 0.25) is 0 Å². The first kappa shape index (κ1) is 25.3. The maximum Gasteiger partial charge on any atom is 0.140 e. The molecular weight excluding hydrogens is 552 g/mol. The van der Waals surface area contributed by atoms with Crippen LogP contribution in [0.1, 0.15) is 0 Å². The number of pyridine rings is 2. The van der Waals surface area contributed by atoms with Gasteiger partial charge in [0.15, 0.2) is 0 Å². The minimum atomic E-state index is 0.216. The normalized spacial score (nSPS) is 11.6. The molecule has 0 unspecified atom stereocenters. The Balaban J connectivity index is 1.33. The van der Waals surface area contributed by atoms with Crippen molar-refractivity contribution in [1.29, 1.82) is 0 Å². The van der Waals surface area contributed by atoms with E-state index in [2.05, 4.69) is 99.0 Å². The van der Waals surface area contributed by atoms with Gasteiger partial charge in [-0.25, -0.2) is 4.98 Å². The molecule has 5 aromatic carbocycles. The third kappa shape index (κ3) is 3.88. The van der Waals surface area contributed by atoms with E-state index in [-0.39, 0.29) is 5.75 Å². The fraction of sp³-hybridized carbons (Fsp3) is 0. The van der Waals surface area contributed by atoms with Gasteiger partial charge in [-0.3, -0.25) is 9.55 Å². The minimum Gasteiger partial charge on any atom is -0.506 e. The van der Waals surface area contributed by atoms with Crippen LogP contribution in [0, 0.1) is 0 Å². The quantitative estimate of drug-likeness (QED) is 0.226. The van der Waals surface area contributed by atoms with Gasteiger partial charge < -0.3 is 9.67 Å². The Bertz CT molecular complexity index is 2550. The average molecular weight is 579 g/mol. The highest BCUT2D eigenvalue weighted by Gasteiger charge is 2.22. The molecular formula is C40H26N4O. The van der Waals surface area contributed by atoms with Crippen molar-refractivity contribution in [2.45, 2.75) is 0 Å². The molecule has 0 fully saturated rings. The number of benzene rings is 5. The maximum atomic E-state index is 11.4. The largest absolute Gasteiger partial charge is 0.506 e. The van der Waals surface area contributed by atoms with Gasteiger partial charge in [0, 0.05) is 44.6 Å². The summed E-state index contributed by atoms with van der Waals surface area (Å²) in [7, 11) is 0. The number of hydrogen-bond donors (Lipinski definition) is 1. The number of nitrogens with zero attached hydrogens (tertiary/aromatic N) is 4. The van der Waals surface area contributed by atoms with Gasteiger partial charge in [-0.1, -0.05) is 78.9 Å². The lowest BCUT2D eigenvalue weighted by Crippen LogP contribution is -1.99. The number of phenolic OH excluding ortho intramolecular Hbond substituents is 1. The highest BCUT2D eigenvalue weighted by molar-refractivity contribution is 6.29. The van der Waals surface area contributed by atoms with E-state index in [0.29, 0.717) is 0 Å². The number of hydrogen-bond acceptors (Lipinski definition) is 3. The Morgan fingerprint density at radius 2 is 1.16 bits per heavy atom.